The molecule has 1 fully saturated rings. The molecule has 2 aromatic rings. The smallest absolute Gasteiger partial charge is 0.161 e. The topological polar surface area (TPSA) is 60.4 Å². The molecule has 0 unspecified atom stereocenters. The molecule has 2 aromatic carbocycles. The van der Waals surface area contributed by atoms with Crippen molar-refractivity contribution in [3.05, 3.63) is 53.6 Å². The lowest BCUT2D eigenvalue weighted by atomic mass is 9.96. The molecule has 0 aliphatic carbocycles. The van der Waals surface area contributed by atoms with Crippen LogP contribution in [0.2, 0.25) is 0 Å². The van der Waals surface area contributed by atoms with Gasteiger partial charge >= 0.3 is 0 Å². The van der Waals surface area contributed by atoms with E-state index in [1.807, 2.05) is 36.4 Å². The highest BCUT2D eigenvalue weighted by Gasteiger charge is 2.31. The lowest BCUT2D eigenvalue weighted by Crippen LogP contribution is -2.37. The van der Waals surface area contributed by atoms with Crippen molar-refractivity contribution in [3.8, 4) is 17.2 Å². The molecule has 6 heteroatoms. The van der Waals surface area contributed by atoms with Crippen molar-refractivity contribution in [1.82, 2.24) is 4.90 Å². The van der Waals surface area contributed by atoms with Crippen LogP contribution in [0.15, 0.2) is 42.5 Å². The van der Waals surface area contributed by atoms with Gasteiger partial charge in [-0.25, -0.2) is 0 Å². The minimum Gasteiger partial charge on any atom is -0.493 e. The van der Waals surface area contributed by atoms with Gasteiger partial charge in [0.2, 0.25) is 0 Å². The molecule has 0 radical (unpaired) electrons. The van der Waals surface area contributed by atoms with Gasteiger partial charge in [0.1, 0.15) is 19.0 Å². The molecule has 0 bridgehead atoms. The number of aliphatic hydroxyl groups is 1. The molecule has 6 nitrogen and oxygen atoms in total. The van der Waals surface area contributed by atoms with Crippen molar-refractivity contribution < 1.29 is 24.1 Å². The highest BCUT2D eigenvalue weighted by Crippen LogP contribution is 2.30. The maximum absolute atomic E-state index is 11.1. The number of likely N-dealkylation sites (tertiary alicyclic amines) is 1. The van der Waals surface area contributed by atoms with E-state index in [-0.39, 0.29) is 0 Å². The van der Waals surface area contributed by atoms with Gasteiger partial charge < -0.3 is 24.1 Å². The number of methoxy groups -OCH3 is 2. The van der Waals surface area contributed by atoms with Crippen molar-refractivity contribution in [2.24, 2.45) is 0 Å². The molecule has 1 N–H and O–H groups in total. The Hall–Kier alpha value is -2.28. The highest BCUT2D eigenvalue weighted by molar-refractivity contribution is 5.43. The largest absolute Gasteiger partial charge is 0.493 e. The van der Waals surface area contributed by atoms with Crippen LogP contribution in [0.1, 0.15) is 30.4 Å². The molecule has 0 spiro atoms. The lowest BCUT2D eigenvalue weighted by Gasteiger charge is -2.27. The van der Waals surface area contributed by atoms with E-state index >= 15 is 0 Å². The zero-order valence-corrected chi connectivity index (χ0v) is 18.9. The predicted octanol–water partition coefficient (Wildman–Crippen LogP) is 3.82. The molecule has 1 heterocycles. The fourth-order valence-corrected chi connectivity index (χ4v) is 3.81. The normalized spacial score (nSPS) is 19.6. The summed E-state index contributed by atoms with van der Waals surface area (Å²) in [6, 6.07) is 14.0. The molecule has 31 heavy (non-hydrogen) atoms. The molecule has 0 aromatic heterocycles. The fraction of sp³-hybridized carbons (Fsp3) is 0.520. The summed E-state index contributed by atoms with van der Waals surface area (Å²) in [5.41, 5.74) is 1.56. The summed E-state index contributed by atoms with van der Waals surface area (Å²) in [5.74, 6) is 2.26. The first kappa shape index (κ1) is 23.4. The third-order valence-electron chi connectivity index (χ3n) is 5.72. The van der Waals surface area contributed by atoms with Crippen molar-refractivity contribution in [2.45, 2.75) is 38.3 Å². The molecule has 1 saturated heterocycles. The second-order valence-corrected chi connectivity index (χ2v) is 8.28. The average Bonchev–Trinajstić information content (AvgIpc) is 2.95. The monoisotopic (exact) mass is 429 g/mol. The van der Waals surface area contributed by atoms with E-state index in [1.54, 1.807) is 14.2 Å². The molecule has 1 atom stereocenters. The summed E-state index contributed by atoms with van der Waals surface area (Å²) in [6.07, 6.45) is 2.36. The van der Waals surface area contributed by atoms with Crippen molar-refractivity contribution >= 4 is 0 Å². The van der Waals surface area contributed by atoms with Crippen LogP contribution >= 0.6 is 0 Å². The third kappa shape index (κ3) is 7.13. The number of hydrogen-bond acceptors (Lipinski definition) is 6. The van der Waals surface area contributed by atoms with Gasteiger partial charge in [0, 0.05) is 20.2 Å². The number of benzene rings is 2. The Bertz CT molecular complexity index is 810. The van der Waals surface area contributed by atoms with Crippen LogP contribution in [0.4, 0.5) is 0 Å². The summed E-state index contributed by atoms with van der Waals surface area (Å²) < 4.78 is 22.2. The number of rotatable bonds is 10. The Morgan fingerprint density at radius 2 is 1.74 bits per heavy atom. The first-order valence-corrected chi connectivity index (χ1v) is 10.9. The number of aryl methyl sites for hydroxylation is 1. The van der Waals surface area contributed by atoms with Gasteiger partial charge in [0.25, 0.3) is 0 Å². The van der Waals surface area contributed by atoms with Crippen molar-refractivity contribution in [3.63, 3.8) is 0 Å². The minimum absolute atomic E-state index is 0.323. The standard InChI is InChI=1S/C25H35NO5/c1-20-5-8-22(9-6-20)31-19-25(27)11-4-13-26(14-12-25)18-21-7-10-23(29-3)24(17-21)30-16-15-28-2/h5-10,17,27H,4,11-16,18-19H2,1-3H3/t25-/m0/s1. The Balaban J connectivity index is 1.55. The minimum atomic E-state index is -0.798. The van der Waals surface area contributed by atoms with E-state index < -0.39 is 5.60 Å². The molecule has 3 rings (SSSR count). The van der Waals surface area contributed by atoms with E-state index in [1.165, 1.54) is 5.56 Å². The predicted molar refractivity (Wildman–Crippen MR) is 121 cm³/mol. The number of ether oxygens (including phenoxy) is 4. The average molecular weight is 430 g/mol. The van der Waals surface area contributed by atoms with E-state index in [4.69, 9.17) is 18.9 Å². The van der Waals surface area contributed by atoms with Crippen LogP contribution in [0.3, 0.4) is 0 Å². The van der Waals surface area contributed by atoms with Crippen molar-refractivity contribution in [1.29, 1.82) is 0 Å². The maximum atomic E-state index is 11.1. The Morgan fingerprint density at radius 3 is 2.48 bits per heavy atom. The zero-order valence-electron chi connectivity index (χ0n) is 18.9. The van der Waals surface area contributed by atoms with E-state index in [9.17, 15) is 5.11 Å². The summed E-state index contributed by atoms with van der Waals surface area (Å²) >= 11 is 0. The summed E-state index contributed by atoms with van der Waals surface area (Å²) in [7, 11) is 3.30. The van der Waals surface area contributed by atoms with Gasteiger partial charge in [-0.2, -0.15) is 0 Å². The van der Waals surface area contributed by atoms with E-state index in [0.29, 0.717) is 26.2 Å². The Morgan fingerprint density at radius 1 is 0.935 bits per heavy atom. The summed E-state index contributed by atoms with van der Waals surface area (Å²) in [6.45, 7) is 5.95. The first-order valence-electron chi connectivity index (χ1n) is 10.9. The molecule has 0 saturated carbocycles. The van der Waals surface area contributed by atoms with Gasteiger partial charge in [-0.1, -0.05) is 23.8 Å². The molecule has 1 aliphatic heterocycles. The molecular weight excluding hydrogens is 394 g/mol. The van der Waals surface area contributed by atoms with Gasteiger partial charge in [0.05, 0.1) is 19.3 Å². The molecular formula is C25H35NO5. The van der Waals surface area contributed by atoms with Gasteiger partial charge in [0.15, 0.2) is 11.5 Å². The highest BCUT2D eigenvalue weighted by atomic mass is 16.5. The summed E-state index contributed by atoms with van der Waals surface area (Å²) in [4.78, 5) is 2.38. The van der Waals surface area contributed by atoms with Gasteiger partial charge in [-0.15, -0.1) is 0 Å². The second-order valence-electron chi connectivity index (χ2n) is 8.28. The van der Waals surface area contributed by atoms with Gasteiger partial charge in [-0.3, -0.25) is 4.90 Å². The first-order chi connectivity index (χ1) is 15.0. The third-order valence-corrected chi connectivity index (χ3v) is 5.72. The lowest BCUT2D eigenvalue weighted by molar-refractivity contribution is -0.0168. The van der Waals surface area contributed by atoms with Gasteiger partial charge in [-0.05, 0) is 62.6 Å². The van der Waals surface area contributed by atoms with Crippen LogP contribution in [-0.4, -0.2) is 62.7 Å². The maximum Gasteiger partial charge on any atom is 0.161 e. The second kappa shape index (κ2) is 11.4. The Labute approximate surface area is 185 Å². The van der Waals surface area contributed by atoms with Crippen molar-refractivity contribution in [2.75, 3.05) is 47.1 Å². The zero-order chi connectivity index (χ0) is 22.1. The SMILES string of the molecule is COCCOc1cc(CN2CCC[C@@](O)(COc3ccc(C)cc3)CC2)ccc1OC. The quantitative estimate of drug-likeness (QED) is 0.580. The van der Waals surface area contributed by atoms with Crippen LogP contribution in [0, 0.1) is 6.92 Å². The fourth-order valence-electron chi connectivity index (χ4n) is 3.81. The van der Waals surface area contributed by atoms with E-state index in [0.717, 1.165) is 55.3 Å². The van der Waals surface area contributed by atoms with Crippen LogP contribution < -0.4 is 14.2 Å². The van der Waals surface area contributed by atoms with Crippen LogP contribution in [-0.2, 0) is 11.3 Å². The number of nitrogens with zero attached hydrogens (tertiary/aromatic N) is 1. The van der Waals surface area contributed by atoms with E-state index in [2.05, 4.69) is 17.9 Å². The van der Waals surface area contributed by atoms with Crippen LogP contribution in [0.25, 0.3) is 0 Å². The number of hydrogen-bond donors (Lipinski definition) is 1. The molecule has 0 amide bonds. The van der Waals surface area contributed by atoms with Crippen LogP contribution in [0.5, 0.6) is 17.2 Å². The Kier molecular flexibility index (Phi) is 8.58. The summed E-state index contributed by atoms with van der Waals surface area (Å²) in [5, 5.41) is 11.1. The molecule has 170 valence electrons. The molecule has 1 aliphatic rings.